The fourth-order valence-corrected chi connectivity index (χ4v) is 0.222. The number of hydrogen-bond acceptors (Lipinski definition) is 3. The summed E-state index contributed by atoms with van der Waals surface area (Å²) in [6, 6.07) is 0. The van der Waals surface area contributed by atoms with Crippen LogP contribution in [-0.4, -0.2) is 5.54 Å². The normalized spacial score (nSPS) is 12.3. The number of hydrogen-bond donors (Lipinski definition) is 3. The molecule has 0 rings (SSSR count). The third-order valence-electron chi connectivity index (χ3n) is 0.539. The maximum atomic E-state index is 4.71. The molecule has 4 N–H and O–H groups in total. The van der Waals surface area contributed by atoms with Gasteiger partial charge in [0.1, 0.15) is 0 Å². The van der Waals surface area contributed by atoms with E-state index in [9.17, 15) is 0 Å². The highest BCUT2D eigenvalue weighted by molar-refractivity contribution is 4.65. The summed E-state index contributed by atoms with van der Waals surface area (Å²) < 4.78 is 0. The van der Waals surface area contributed by atoms with Crippen LogP contribution in [0.2, 0.25) is 0 Å². The van der Waals surface area contributed by atoms with Crippen LogP contribution < -0.4 is 16.8 Å². The molecule has 0 heterocycles. The van der Waals surface area contributed by atoms with Crippen LogP contribution in [-0.2, 0) is 0 Å². The van der Waals surface area contributed by atoms with E-state index < -0.39 is 0 Å². The van der Waals surface area contributed by atoms with Crippen LogP contribution in [0.15, 0.2) is 10.4 Å². The first-order valence-electron chi connectivity index (χ1n) is 2.68. The summed E-state index contributed by atoms with van der Waals surface area (Å²) in [5.74, 6) is 4.71. The monoisotopic (exact) mass is 131 g/mol. The lowest BCUT2D eigenvalue weighted by molar-refractivity contribution is 0.355. The Morgan fingerprint density at radius 2 is 1.89 bits per heavy atom. The number of rotatable bonds is 2. The molecule has 0 unspecified atom stereocenters. The van der Waals surface area contributed by atoms with Gasteiger partial charge in [-0.2, -0.15) is 0 Å². The van der Waals surface area contributed by atoms with Crippen molar-refractivity contribution in [1.82, 2.24) is 11.0 Å². The standard InChI is InChI=1S/C4H13N5/c1-4(2,3)6-8-9-7-5/h1-3H3,(H,7,8)(H3,5,6,9). The van der Waals surface area contributed by atoms with Gasteiger partial charge in [0.2, 0.25) is 0 Å². The molecule has 0 saturated carbocycles. The van der Waals surface area contributed by atoms with Gasteiger partial charge in [0, 0.05) is 5.54 Å². The molecule has 0 saturated heterocycles. The molecule has 0 fully saturated rings. The van der Waals surface area contributed by atoms with Crippen LogP contribution in [0.5, 0.6) is 0 Å². The Labute approximate surface area is 54.6 Å². The Kier molecular flexibility index (Phi) is 2.94. The van der Waals surface area contributed by atoms with Gasteiger partial charge < -0.3 is 5.84 Å². The molecule has 0 radical (unpaired) electrons. The second-order valence-corrected chi connectivity index (χ2v) is 2.70. The van der Waals surface area contributed by atoms with Crippen molar-refractivity contribution in [3.05, 3.63) is 0 Å². The zero-order valence-corrected chi connectivity index (χ0v) is 5.97. The Bertz CT molecular complexity index is 91.6. The smallest absolute Gasteiger partial charge is 0.0303 e. The van der Waals surface area contributed by atoms with Crippen molar-refractivity contribution in [3.63, 3.8) is 0 Å². The summed E-state index contributed by atoms with van der Waals surface area (Å²) in [4.78, 5) is 0. The summed E-state index contributed by atoms with van der Waals surface area (Å²) in [6.07, 6.45) is 0. The minimum Gasteiger partial charge on any atom is -0.303 e. The van der Waals surface area contributed by atoms with Gasteiger partial charge in [-0.05, 0) is 26.0 Å². The first-order valence-corrected chi connectivity index (χ1v) is 2.68. The molecule has 0 atom stereocenters. The molecule has 9 heavy (non-hydrogen) atoms. The molecule has 0 aliphatic carbocycles. The van der Waals surface area contributed by atoms with Gasteiger partial charge in [0.25, 0.3) is 0 Å². The Balaban J connectivity index is 3.28. The molecular weight excluding hydrogens is 118 g/mol. The summed E-state index contributed by atoms with van der Waals surface area (Å²) >= 11 is 0. The predicted octanol–water partition coefficient (Wildman–Crippen LogP) is 0.120. The van der Waals surface area contributed by atoms with Gasteiger partial charge >= 0.3 is 0 Å². The highest BCUT2D eigenvalue weighted by Crippen LogP contribution is 1.94. The molecule has 5 nitrogen and oxygen atoms in total. The van der Waals surface area contributed by atoms with E-state index in [1.54, 1.807) is 0 Å². The van der Waals surface area contributed by atoms with E-state index >= 15 is 0 Å². The molecule has 0 aromatic rings. The van der Waals surface area contributed by atoms with Crippen molar-refractivity contribution in [2.24, 2.45) is 16.3 Å². The SMILES string of the molecule is CC(C)(C)NNN=NN. The van der Waals surface area contributed by atoms with E-state index in [4.69, 9.17) is 5.84 Å². The summed E-state index contributed by atoms with van der Waals surface area (Å²) in [7, 11) is 0. The molecule has 0 aliphatic rings. The van der Waals surface area contributed by atoms with Crippen molar-refractivity contribution in [1.29, 1.82) is 0 Å². The molecule has 0 amide bonds. The van der Waals surface area contributed by atoms with Crippen molar-refractivity contribution in [3.8, 4) is 0 Å². The average Bonchev–Trinajstić information content (AvgIpc) is 1.63. The fraction of sp³-hybridized carbons (Fsp3) is 1.00. The van der Waals surface area contributed by atoms with E-state index in [2.05, 4.69) is 21.4 Å². The van der Waals surface area contributed by atoms with Gasteiger partial charge in [-0.3, -0.25) is 0 Å². The minimum atomic E-state index is -0.0197. The van der Waals surface area contributed by atoms with Crippen LogP contribution in [0.3, 0.4) is 0 Å². The molecule has 5 heteroatoms. The lowest BCUT2D eigenvalue weighted by Gasteiger charge is -2.18. The zero-order chi connectivity index (χ0) is 7.33. The summed E-state index contributed by atoms with van der Waals surface area (Å²) in [5, 5.41) is 6.29. The average molecular weight is 131 g/mol. The van der Waals surface area contributed by atoms with Gasteiger partial charge in [-0.15, -0.1) is 0 Å². The van der Waals surface area contributed by atoms with Gasteiger partial charge in [0.15, 0.2) is 0 Å². The van der Waals surface area contributed by atoms with Crippen molar-refractivity contribution in [2.45, 2.75) is 26.3 Å². The largest absolute Gasteiger partial charge is 0.303 e. The number of nitrogens with zero attached hydrogens (tertiary/aromatic N) is 2. The van der Waals surface area contributed by atoms with Crippen LogP contribution in [0.4, 0.5) is 0 Å². The number of nitrogens with two attached hydrogens (primary N) is 1. The second-order valence-electron chi connectivity index (χ2n) is 2.70. The highest BCUT2D eigenvalue weighted by Gasteiger charge is 2.06. The minimum absolute atomic E-state index is 0.0197. The lowest BCUT2D eigenvalue weighted by Crippen LogP contribution is -2.43. The number of hydrazine groups is 1. The Morgan fingerprint density at radius 3 is 2.22 bits per heavy atom. The maximum Gasteiger partial charge on any atom is 0.0303 e. The van der Waals surface area contributed by atoms with E-state index in [0.717, 1.165) is 0 Å². The van der Waals surface area contributed by atoms with E-state index in [1.807, 2.05) is 20.8 Å². The van der Waals surface area contributed by atoms with Crippen molar-refractivity contribution in [2.75, 3.05) is 0 Å². The molecule has 0 bridgehead atoms. The molecule has 54 valence electrons. The van der Waals surface area contributed by atoms with Crippen LogP contribution in [0.25, 0.3) is 0 Å². The third-order valence-corrected chi connectivity index (χ3v) is 0.539. The van der Waals surface area contributed by atoms with Crippen molar-refractivity contribution < 1.29 is 0 Å². The summed E-state index contributed by atoms with van der Waals surface area (Å²) in [5.41, 5.74) is 5.27. The zero-order valence-electron chi connectivity index (χ0n) is 5.97. The van der Waals surface area contributed by atoms with Gasteiger partial charge in [-0.1, -0.05) is 5.22 Å². The molecule has 0 spiro atoms. The first-order chi connectivity index (χ1) is 4.06. The van der Waals surface area contributed by atoms with Crippen LogP contribution in [0, 0.1) is 0 Å². The Hall–Kier alpha value is -0.840. The highest BCUT2D eigenvalue weighted by atomic mass is 15.7. The Morgan fingerprint density at radius 1 is 1.33 bits per heavy atom. The molecule has 0 aromatic carbocycles. The van der Waals surface area contributed by atoms with Gasteiger partial charge in [0.05, 0.1) is 0 Å². The third kappa shape index (κ3) is 7.16. The topological polar surface area (TPSA) is 74.8 Å². The van der Waals surface area contributed by atoms with E-state index in [-0.39, 0.29) is 5.54 Å². The quantitative estimate of drug-likeness (QED) is 0.283. The molecule has 0 aliphatic heterocycles. The van der Waals surface area contributed by atoms with E-state index in [1.165, 1.54) is 0 Å². The predicted molar refractivity (Wildman–Crippen MR) is 35.1 cm³/mol. The van der Waals surface area contributed by atoms with Gasteiger partial charge in [-0.25, -0.2) is 11.0 Å². The maximum absolute atomic E-state index is 4.71. The van der Waals surface area contributed by atoms with Crippen molar-refractivity contribution >= 4 is 0 Å². The van der Waals surface area contributed by atoms with Crippen LogP contribution >= 0.6 is 0 Å². The van der Waals surface area contributed by atoms with E-state index in [0.29, 0.717) is 0 Å². The molecular formula is C4H13N5. The van der Waals surface area contributed by atoms with Crippen LogP contribution in [0.1, 0.15) is 20.8 Å². The second kappa shape index (κ2) is 3.24. The first kappa shape index (κ1) is 8.16. The summed E-state index contributed by atoms with van der Waals surface area (Å²) in [6.45, 7) is 5.98. The molecule has 0 aromatic heterocycles. The number of nitrogens with one attached hydrogen (secondary N) is 2. The fourth-order valence-electron chi connectivity index (χ4n) is 0.222. The lowest BCUT2D eigenvalue weighted by atomic mass is 10.1.